The third-order valence-corrected chi connectivity index (χ3v) is 6.20. The number of thioether (sulfide) groups is 1. The van der Waals surface area contributed by atoms with E-state index in [1.165, 1.54) is 11.8 Å². The van der Waals surface area contributed by atoms with Gasteiger partial charge in [-0.15, -0.1) is 0 Å². The number of rotatable bonds is 7. The van der Waals surface area contributed by atoms with Crippen LogP contribution in [0.4, 0.5) is 11.4 Å². The lowest BCUT2D eigenvalue weighted by molar-refractivity contribution is -0.115. The van der Waals surface area contributed by atoms with Crippen LogP contribution in [-0.4, -0.2) is 54.1 Å². The van der Waals surface area contributed by atoms with Gasteiger partial charge in [-0.2, -0.15) is 0 Å². The predicted octanol–water partition coefficient (Wildman–Crippen LogP) is 3.84. The maximum absolute atomic E-state index is 12.7. The summed E-state index contributed by atoms with van der Waals surface area (Å²) in [6.07, 6.45) is 3.63. The molecule has 8 heteroatoms. The lowest BCUT2D eigenvalue weighted by Crippen LogP contribution is -2.36. The second-order valence-corrected chi connectivity index (χ2v) is 8.48. The average Bonchev–Trinajstić information content (AvgIpc) is 3.28. The molecule has 162 valence electrons. The predicted molar refractivity (Wildman–Crippen MR) is 124 cm³/mol. The van der Waals surface area contributed by atoms with Crippen molar-refractivity contribution in [2.24, 2.45) is 0 Å². The van der Waals surface area contributed by atoms with Crippen molar-refractivity contribution < 1.29 is 14.3 Å². The summed E-state index contributed by atoms with van der Waals surface area (Å²) in [5.74, 6) is 0.735. The molecule has 0 bridgehead atoms. The molecule has 2 heterocycles. The second-order valence-electron chi connectivity index (χ2n) is 7.17. The van der Waals surface area contributed by atoms with Crippen molar-refractivity contribution >= 4 is 29.0 Å². The lowest BCUT2D eigenvalue weighted by atomic mass is 10.2. The average molecular weight is 439 g/mol. The summed E-state index contributed by atoms with van der Waals surface area (Å²) >= 11 is 1.42. The van der Waals surface area contributed by atoms with E-state index in [1.54, 1.807) is 13.3 Å². The number of nitrogens with zero attached hydrogens (tertiary/aromatic N) is 3. The number of anilines is 2. The maximum Gasteiger partial charge on any atom is 0.237 e. The zero-order valence-corrected chi connectivity index (χ0v) is 18.5. The number of imidazole rings is 1. The highest BCUT2D eigenvalue weighted by Crippen LogP contribution is 2.27. The minimum absolute atomic E-state index is 0.0617. The zero-order chi connectivity index (χ0) is 21.6. The van der Waals surface area contributed by atoms with Crippen LogP contribution in [0.15, 0.2) is 66.1 Å². The summed E-state index contributed by atoms with van der Waals surface area (Å²) < 4.78 is 12.6. The molecular weight excluding hydrogens is 412 g/mol. The number of methoxy groups -OCH3 is 1. The van der Waals surface area contributed by atoms with Gasteiger partial charge in [0.05, 0.1) is 25.6 Å². The molecule has 0 saturated carbocycles. The van der Waals surface area contributed by atoms with E-state index in [0.717, 1.165) is 54.3 Å². The fourth-order valence-corrected chi connectivity index (χ4v) is 4.23. The molecule has 31 heavy (non-hydrogen) atoms. The quantitative estimate of drug-likeness (QED) is 0.566. The highest BCUT2D eigenvalue weighted by molar-refractivity contribution is 8.00. The van der Waals surface area contributed by atoms with Crippen molar-refractivity contribution in [3.63, 3.8) is 0 Å². The highest BCUT2D eigenvalue weighted by atomic mass is 32.2. The molecular formula is C23H26N4O3S. The number of hydrogen-bond acceptors (Lipinski definition) is 6. The third-order valence-electron chi connectivity index (χ3n) is 5.12. The molecule has 0 aliphatic carbocycles. The number of benzene rings is 2. The van der Waals surface area contributed by atoms with Crippen LogP contribution in [-0.2, 0) is 9.53 Å². The summed E-state index contributed by atoms with van der Waals surface area (Å²) in [5.41, 5.74) is 2.89. The van der Waals surface area contributed by atoms with Gasteiger partial charge in [0, 0.05) is 42.5 Å². The standard InChI is InChI=1S/C23H26N4O3S/c1-17(31-23-24-11-12-27(23)20-7-9-21(29-2)10-8-20)22(28)25-18-3-5-19(6-4-18)26-13-15-30-16-14-26/h3-12,17H,13-16H2,1-2H3,(H,25,28). The first-order valence-corrected chi connectivity index (χ1v) is 11.1. The molecule has 1 aliphatic heterocycles. The van der Waals surface area contributed by atoms with Gasteiger partial charge in [-0.25, -0.2) is 4.98 Å². The fraction of sp³-hybridized carbons (Fsp3) is 0.304. The molecule has 3 aromatic rings. The molecule has 4 rings (SSSR count). The van der Waals surface area contributed by atoms with Crippen molar-refractivity contribution in [1.29, 1.82) is 0 Å². The summed E-state index contributed by atoms with van der Waals surface area (Å²) in [5, 5.41) is 3.45. The van der Waals surface area contributed by atoms with E-state index < -0.39 is 0 Å². The van der Waals surface area contributed by atoms with Gasteiger partial charge in [0.1, 0.15) is 5.75 Å². The smallest absolute Gasteiger partial charge is 0.237 e. The number of nitrogens with one attached hydrogen (secondary N) is 1. The van der Waals surface area contributed by atoms with E-state index in [9.17, 15) is 4.79 Å². The molecule has 1 atom stereocenters. The zero-order valence-electron chi connectivity index (χ0n) is 17.7. The molecule has 1 amide bonds. The van der Waals surface area contributed by atoms with Crippen LogP contribution in [0.2, 0.25) is 0 Å². The van der Waals surface area contributed by atoms with Crippen molar-refractivity contribution in [2.75, 3.05) is 43.6 Å². The normalized spacial score (nSPS) is 14.8. The molecule has 0 radical (unpaired) electrons. The van der Waals surface area contributed by atoms with Gasteiger partial charge in [0.2, 0.25) is 5.91 Å². The van der Waals surface area contributed by atoms with Gasteiger partial charge in [-0.05, 0) is 55.5 Å². The van der Waals surface area contributed by atoms with Crippen LogP contribution in [0.1, 0.15) is 6.92 Å². The highest BCUT2D eigenvalue weighted by Gasteiger charge is 2.18. The van der Waals surface area contributed by atoms with Crippen LogP contribution < -0.4 is 15.0 Å². The van der Waals surface area contributed by atoms with Gasteiger partial charge in [-0.1, -0.05) is 11.8 Å². The van der Waals surface area contributed by atoms with E-state index in [4.69, 9.17) is 9.47 Å². The van der Waals surface area contributed by atoms with E-state index >= 15 is 0 Å². The summed E-state index contributed by atoms with van der Waals surface area (Å²) in [6.45, 7) is 5.16. The first-order chi connectivity index (χ1) is 15.1. The van der Waals surface area contributed by atoms with Gasteiger partial charge < -0.3 is 19.7 Å². The Morgan fingerprint density at radius 3 is 2.45 bits per heavy atom. The fourth-order valence-electron chi connectivity index (χ4n) is 3.35. The first-order valence-electron chi connectivity index (χ1n) is 10.2. The van der Waals surface area contributed by atoms with Crippen LogP contribution in [0, 0.1) is 0 Å². The minimum Gasteiger partial charge on any atom is -0.497 e. The Morgan fingerprint density at radius 2 is 1.77 bits per heavy atom. The van der Waals surface area contributed by atoms with Crippen LogP contribution in [0.25, 0.3) is 5.69 Å². The minimum atomic E-state index is -0.307. The van der Waals surface area contributed by atoms with Crippen molar-refractivity contribution in [3.8, 4) is 11.4 Å². The number of carbonyl (C=O) groups excluding carboxylic acids is 1. The van der Waals surface area contributed by atoms with Crippen LogP contribution >= 0.6 is 11.8 Å². The summed E-state index contributed by atoms with van der Waals surface area (Å²) in [6, 6.07) is 15.7. The number of amides is 1. The number of aromatic nitrogens is 2. The number of hydrogen-bond donors (Lipinski definition) is 1. The Morgan fingerprint density at radius 1 is 1.10 bits per heavy atom. The lowest BCUT2D eigenvalue weighted by Gasteiger charge is -2.28. The second kappa shape index (κ2) is 9.89. The van der Waals surface area contributed by atoms with Gasteiger partial charge in [-0.3, -0.25) is 9.36 Å². The monoisotopic (exact) mass is 438 g/mol. The number of morpholine rings is 1. The summed E-state index contributed by atoms with van der Waals surface area (Å²) in [7, 11) is 1.64. The third kappa shape index (κ3) is 5.21. The van der Waals surface area contributed by atoms with E-state index in [-0.39, 0.29) is 11.2 Å². The molecule has 1 aliphatic rings. The first kappa shape index (κ1) is 21.3. The van der Waals surface area contributed by atoms with Crippen molar-refractivity contribution in [1.82, 2.24) is 9.55 Å². The molecule has 7 nitrogen and oxygen atoms in total. The van der Waals surface area contributed by atoms with Gasteiger partial charge >= 0.3 is 0 Å². The number of carbonyl (C=O) groups is 1. The number of ether oxygens (including phenoxy) is 2. The molecule has 1 fully saturated rings. The Balaban J connectivity index is 1.37. The molecule has 0 spiro atoms. The molecule has 1 saturated heterocycles. The van der Waals surface area contributed by atoms with Crippen molar-refractivity contribution in [3.05, 3.63) is 60.9 Å². The maximum atomic E-state index is 12.7. The SMILES string of the molecule is COc1ccc(-n2ccnc2SC(C)C(=O)Nc2ccc(N3CCOCC3)cc2)cc1. The Labute approximate surface area is 186 Å². The summed E-state index contributed by atoms with van der Waals surface area (Å²) in [4.78, 5) is 19.5. The largest absolute Gasteiger partial charge is 0.497 e. The van der Waals surface area contributed by atoms with E-state index in [2.05, 4.69) is 15.2 Å². The Bertz CT molecular complexity index is 998. The van der Waals surface area contributed by atoms with Gasteiger partial charge in [0.15, 0.2) is 5.16 Å². The van der Waals surface area contributed by atoms with Crippen LogP contribution in [0.3, 0.4) is 0 Å². The topological polar surface area (TPSA) is 68.6 Å². The molecule has 1 N–H and O–H groups in total. The molecule has 2 aromatic carbocycles. The Hall–Kier alpha value is -2.97. The van der Waals surface area contributed by atoms with E-state index in [1.807, 2.05) is 66.2 Å². The Kier molecular flexibility index (Phi) is 6.79. The molecule has 1 aromatic heterocycles. The van der Waals surface area contributed by atoms with E-state index in [0.29, 0.717) is 0 Å². The van der Waals surface area contributed by atoms with Crippen LogP contribution in [0.5, 0.6) is 5.75 Å². The molecule has 1 unspecified atom stereocenters. The van der Waals surface area contributed by atoms with Crippen molar-refractivity contribution in [2.45, 2.75) is 17.3 Å². The van der Waals surface area contributed by atoms with Gasteiger partial charge in [0.25, 0.3) is 0 Å².